The molecular formula is C15H12BNO2. The summed E-state index contributed by atoms with van der Waals surface area (Å²) in [5.41, 5.74) is 4.05. The monoisotopic (exact) mass is 249 g/mol. The molecule has 1 atom stereocenters. The van der Waals surface area contributed by atoms with Gasteiger partial charge in [0.2, 0.25) is 0 Å². The van der Waals surface area contributed by atoms with Gasteiger partial charge in [0.25, 0.3) is 0 Å². The van der Waals surface area contributed by atoms with Crippen LogP contribution in [-0.4, -0.2) is 17.1 Å². The molecule has 2 N–H and O–H groups in total. The summed E-state index contributed by atoms with van der Waals surface area (Å²) in [5, 5.41) is 11.1. The smallest absolute Gasteiger partial charge is 0.423 e. The van der Waals surface area contributed by atoms with E-state index in [1.807, 2.05) is 48.7 Å². The van der Waals surface area contributed by atoms with Gasteiger partial charge in [0.15, 0.2) is 0 Å². The molecule has 0 saturated heterocycles. The summed E-state index contributed by atoms with van der Waals surface area (Å²) in [7, 11) is -0.838. The molecule has 2 heterocycles. The van der Waals surface area contributed by atoms with Crippen LogP contribution >= 0.6 is 0 Å². The Bertz CT molecular complexity index is 752. The molecule has 0 radical (unpaired) electrons. The number of aromatic nitrogens is 1. The maximum atomic E-state index is 9.99. The summed E-state index contributed by atoms with van der Waals surface area (Å²) in [5.74, 6) is 0. The number of rotatable bonds is 1. The predicted octanol–water partition coefficient (Wildman–Crippen LogP) is 1.97. The third-order valence-corrected chi connectivity index (χ3v) is 3.71. The van der Waals surface area contributed by atoms with Crippen molar-refractivity contribution in [2.45, 2.75) is 6.10 Å². The Balaban J connectivity index is 1.90. The van der Waals surface area contributed by atoms with Crippen molar-refractivity contribution in [2.24, 2.45) is 0 Å². The average molecular weight is 249 g/mol. The molecule has 4 heteroatoms. The van der Waals surface area contributed by atoms with E-state index in [1.54, 1.807) is 0 Å². The fourth-order valence-corrected chi connectivity index (χ4v) is 2.80. The molecule has 3 aromatic rings. The van der Waals surface area contributed by atoms with E-state index in [0.29, 0.717) is 0 Å². The summed E-state index contributed by atoms with van der Waals surface area (Å²) < 4.78 is 5.72. The van der Waals surface area contributed by atoms with Crippen LogP contribution < -0.4 is 5.46 Å². The van der Waals surface area contributed by atoms with Gasteiger partial charge in [-0.05, 0) is 17.1 Å². The van der Waals surface area contributed by atoms with Crippen molar-refractivity contribution < 1.29 is 9.68 Å². The maximum Gasteiger partial charge on any atom is 0.492 e. The number of nitrogens with one attached hydrogen (secondary N) is 1. The lowest BCUT2D eigenvalue weighted by Crippen LogP contribution is -2.27. The third kappa shape index (κ3) is 1.54. The van der Waals surface area contributed by atoms with Gasteiger partial charge in [-0.3, -0.25) is 0 Å². The Morgan fingerprint density at radius 3 is 2.74 bits per heavy atom. The van der Waals surface area contributed by atoms with Gasteiger partial charge < -0.3 is 14.7 Å². The second kappa shape index (κ2) is 3.98. The number of fused-ring (bicyclic) bond motifs is 2. The minimum absolute atomic E-state index is 0.206. The van der Waals surface area contributed by atoms with Gasteiger partial charge in [-0.2, -0.15) is 0 Å². The maximum absolute atomic E-state index is 9.99. The molecule has 1 aliphatic heterocycles. The van der Waals surface area contributed by atoms with Crippen molar-refractivity contribution in [2.75, 3.05) is 0 Å². The molecule has 1 aromatic heterocycles. The number of H-pyrrole nitrogens is 1. The van der Waals surface area contributed by atoms with Crippen LogP contribution in [0.5, 0.6) is 0 Å². The summed E-state index contributed by atoms with van der Waals surface area (Å²) in [6, 6.07) is 15.9. The van der Waals surface area contributed by atoms with E-state index >= 15 is 0 Å². The second-order valence-electron chi connectivity index (χ2n) is 4.79. The van der Waals surface area contributed by atoms with Crippen molar-refractivity contribution in [1.29, 1.82) is 0 Å². The number of hydrogen-bond acceptors (Lipinski definition) is 2. The zero-order chi connectivity index (χ0) is 12.8. The summed E-state index contributed by atoms with van der Waals surface area (Å²) in [6.45, 7) is 0. The van der Waals surface area contributed by atoms with Gasteiger partial charge in [-0.25, -0.2) is 0 Å². The molecule has 0 saturated carbocycles. The summed E-state index contributed by atoms with van der Waals surface area (Å²) >= 11 is 0. The standard InChI is InChI=1S/C15H12BNO2/c18-16-13-7-3-1-6-11(13)15(19-16)12-9-17-14-8-4-2-5-10(12)14/h1-9,15,17-18H. The van der Waals surface area contributed by atoms with Crippen molar-refractivity contribution in [1.82, 2.24) is 4.98 Å². The van der Waals surface area contributed by atoms with Gasteiger partial charge in [-0.1, -0.05) is 42.5 Å². The first kappa shape index (κ1) is 10.8. The number of para-hydroxylation sites is 1. The largest absolute Gasteiger partial charge is 0.492 e. The van der Waals surface area contributed by atoms with Crippen LogP contribution in [0.15, 0.2) is 54.7 Å². The zero-order valence-electron chi connectivity index (χ0n) is 10.2. The highest BCUT2D eigenvalue weighted by Crippen LogP contribution is 2.34. The molecule has 3 nitrogen and oxygen atoms in total. The lowest BCUT2D eigenvalue weighted by molar-refractivity contribution is 0.228. The number of aromatic amines is 1. The second-order valence-corrected chi connectivity index (χ2v) is 4.79. The van der Waals surface area contributed by atoms with E-state index in [1.165, 1.54) is 0 Å². The first-order valence-corrected chi connectivity index (χ1v) is 6.33. The minimum atomic E-state index is -0.838. The van der Waals surface area contributed by atoms with E-state index in [9.17, 15) is 5.02 Å². The molecule has 2 aromatic carbocycles. The van der Waals surface area contributed by atoms with Crippen molar-refractivity contribution >= 4 is 23.5 Å². The van der Waals surface area contributed by atoms with Crippen LogP contribution in [0.3, 0.4) is 0 Å². The van der Waals surface area contributed by atoms with Crippen LogP contribution in [0, 0.1) is 0 Å². The van der Waals surface area contributed by atoms with Crippen LogP contribution in [0.2, 0.25) is 0 Å². The number of benzene rings is 2. The summed E-state index contributed by atoms with van der Waals surface area (Å²) in [4.78, 5) is 3.25. The highest BCUT2D eigenvalue weighted by atomic mass is 16.5. The van der Waals surface area contributed by atoms with Gasteiger partial charge >= 0.3 is 7.12 Å². The normalized spacial score (nSPS) is 17.9. The summed E-state index contributed by atoms with van der Waals surface area (Å²) in [6.07, 6.45) is 1.76. The molecule has 0 spiro atoms. The lowest BCUT2D eigenvalue weighted by Gasteiger charge is -2.11. The first-order chi connectivity index (χ1) is 9.34. The van der Waals surface area contributed by atoms with Gasteiger partial charge in [0.1, 0.15) is 0 Å². The number of hydrogen-bond donors (Lipinski definition) is 2. The quantitative estimate of drug-likeness (QED) is 0.647. The molecule has 0 bridgehead atoms. The van der Waals surface area contributed by atoms with E-state index in [-0.39, 0.29) is 6.10 Å². The molecule has 0 aliphatic carbocycles. The Hall–Kier alpha value is -2.04. The Kier molecular flexibility index (Phi) is 2.27. The molecular weight excluding hydrogens is 237 g/mol. The van der Waals surface area contributed by atoms with Crippen molar-refractivity contribution in [3.05, 3.63) is 65.9 Å². The molecule has 19 heavy (non-hydrogen) atoms. The van der Waals surface area contributed by atoms with Crippen LogP contribution in [-0.2, 0) is 4.65 Å². The molecule has 1 aliphatic rings. The highest BCUT2D eigenvalue weighted by Gasteiger charge is 2.36. The molecule has 1 unspecified atom stereocenters. The van der Waals surface area contributed by atoms with Crippen LogP contribution in [0.25, 0.3) is 10.9 Å². The fraction of sp³-hybridized carbons (Fsp3) is 0.0667. The molecule has 92 valence electrons. The topological polar surface area (TPSA) is 45.2 Å². The predicted molar refractivity (Wildman–Crippen MR) is 75.3 cm³/mol. The Labute approximate surface area is 111 Å². The molecule has 4 rings (SSSR count). The molecule has 0 amide bonds. The Morgan fingerprint density at radius 2 is 1.79 bits per heavy atom. The van der Waals surface area contributed by atoms with E-state index < -0.39 is 7.12 Å². The van der Waals surface area contributed by atoms with Crippen molar-refractivity contribution in [3.8, 4) is 0 Å². The van der Waals surface area contributed by atoms with E-state index in [2.05, 4.69) is 11.1 Å². The van der Waals surface area contributed by atoms with E-state index in [0.717, 1.165) is 27.5 Å². The van der Waals surface area contributed by atoms with Gasteiger partial charge in [-0.15, -0.1) is 0 Å². The molecule has 0 fully saturated rings. The fourth-order valence-electron chi connectivity index (χ4n) is 2.80. The SMILES string of the molecule is OB1OC(c2c[nH]c3ccccc23)c2ccccc21. The third-order valence-electron chi connectivity index (χ3n) is 3.71. The van der Waals surface area contributed by atoms with Crippen molar-refractivity contribution in [3.63, 3.8) is 0 Å². The van der Waals surface area contributed by atoms with Crippen LogP contribution in [0.1, 0.15) is 17.2 Å². The highest BCUT2D eigenvalue weighted by molar-refractivity contribution is 6.61. The van der Waals surface area contributed by atoms with Gasteiger partial charge in [0.05, 0.1) is 6.10 Å². The van der Waals surface area contributed by atoms with Gasteiger partial charge in [0, 0.05) is 22.7 Å². The zero-order valence-corrected chi connectivity index (χ0v) is 10.2. The minimum Gasteiger partial charge on any atom is -0.423 e. The van der Waals surface area contributed by atoms with Crippen LogP contribution in [0.4, 0.5) is 0 Å². The lowest BCUT2D eigenvalue weighted by atomic mass is 9.79. The average Bonchev–Trinajstić information content (AvgIpc) is 3.01. The Morgan fingerprint density at radius 1 is 1.00 bits per heavy atom. The van der Waals surface area contributed by atoms with E-state index in [4.69, 9.17) is 4.65 Å². The first-order valence-electron chi connectivity index (χ1n) is 6.33.